The quantitative estimate of drug-likeness (QED) is 0.863. The second-order valence-electron chi connectivity index (χ2n) is 4.87. The fourth-order valence-corrected chi connectivity index (χ4v) is 2.10. The van der Waals surface area contributed by atoms with Gasteiger partial charge in [0.05, 0.1) is 17.6 Å². The van der Waals surface area contributed by atoms with E-state index >= 15 is 0 Å². The zero-order valence-electron chi connectivity index (χ0n) is 9.71. The van der Waals surface area contributed by atoms with Gasteiger partial charge in [-0.3, -0.25) is 0 Å². The van der Waals surface area contributed by atoms with Crippen LogP contribution in [0.1, 0.15) is 18.5 Å². The molecule has 4 heteroatoms. The lowest BCUT2D eigenvalue weighted by Gasteiger charge is -2.08. The molecule has 0 radical (unpaired) electrons. The predicted octanol–water partition coefficient (Wildman–Crippen LogP) is 1.55. The molecule has 1 saturated carbocycles. The average Bonchev–Trinajstić information content (AvgIpc) is 3.00. The number of aromatic nitrogens is 3. The van der Waals surface area contributed by atoms with Gasteiger partial charge in [0.25, 0.3) is 0 Å². The summed E-state index contributed by atoms with van der Waals surface area (Å²) in [6.45, 7) is 0.755. The third-order valence-corrected chi connectivity index (χ3v) is 3.51. The molecule has 0 spiro atoms. The van der Waals surface area contributed by atoms with E-state index in [0.717, 1.165) is 24.3 Å². The van der Waals surface area contributed by atoms with Gasteiger partial charge in [-0.15, -0.1) is 5.10 Å². The van der Waals surface area contributed by atoms with Crippen LogP contribution in [0.2, 0.25) is 0 Å². The summed E-state index contributed by atoms with van der Waals surface area (Å²) in [7, 11) is 0. The van der Waals surface area contributed by atoms with Crippen LogP contribution in [0.15, 0.2) is 36.5 Å². The summed E-state index contributed by atoms with van der Waals surface area (Å²) in [5.41, 5.74) is 8.18. The molecule has 0 aliphatic heterocycles. The van der Waals surface area contributed by atoms with E-state index in [0.29, 0.717) is 5.41 Å². The molecule has 0 atom stereocenters. The van der Waals surface area contributed by atoms with E-state index in [-0.39, 0.29) is 0 Å². The minimum absolute atomic E-state index is 0.317. The molecule has 1 aromatic carbocycles. The van der Waals surface area contributed by atoms with Gasteiger partial charge in [-0.2, -0.15) is 0 Å². The highest BCUT2D eigenvalue weighted by Crippen LogP contribution is 2.46. The summed E-state index contributed by atoms with van der Waals surface area (Å²) in [6, 6.07) is 10.0. The van der Waals surface area contributed by atoms with E-state index in [1.807, 2.05) is 41.2 Å². The molecular formula is C13H16N4. The van der Waals surface area contributed by atoms with E-state index < -0.39 is 0 Å². The number of nitrogens with zero attached hydrogens (tertiary/aromatic N) is 3. The molecule has 4 nitrogen and oxygen atoms in total. The zero-order chi connectivity index (χ0) is 11.7. The van der Waals surface area contributed by atoms with Gasteiger partial charge in [0.2, 0.25) is 0 Å². The smallest absolute Gasteiger partial charge is 0.0837 e. The molecule has 0 amide bonds. The van der Waals surface area contributed by atoms with Crippen LogP contribution in [0.25, 0.3) is 5.69 Å². The van der Waals surface area contributed by atoms with Gasteiger partial charge in [-0.05, 0) is 43.4 Å². The normalized spacial score (nSPS) is 17.0. The molecule has 1 fully saturated rings. The van der Waals surface area contributed by atoms with Crippen LogP contribution in [0.3, 0.4) is 0 Å². The average molecular weight is 228 g/mol. The summed E-state index contributed by atoms with van der Waals surface area (Å²) in [6.07, 6.45) is 5.41. The van der Waals surface area contributed by atoms with Gasteiger partial charge in [0, 0.05) is 0 Å². The van der Waals surface area contributed by atoms with Gasteiger partial charge in [-0.25, -0.2) is 4.68 Å². The molecular weight excluding hydrogens is 212 g/mol. The Hall–Kier alpha value is -1.68. The minimum Gasteiger partial charge on any atom is -0.330 e. The van der Waals surface area contributed by atoms with Crippen LogP contribution < -0.4 is 5.73 Å². The molecule has 3 rings (SSSR count). The van der Waals surface area contributed by atoms with Crippen molar-refractivity contribution in [3.63, 3.8) is 0 Å². The van der Waals surface area contributed by atoms with E-state index in [4.69, 9.17) is 5.73 Å². The minimum atomic E-state index is 0.317. The molecule has 1 aliphatic carbocycles. The van der Waals surface area contributed by atoms with E-state index in [1.54, 1.807) is 0 Å². The molecule has 1 heterocycles. The lowest BCUT2D eigenvalue weighted by molar-refractivity contribution is 0.513. The van der Waals surface area contributed by atoms with Crippen molar-refractivity contribution in [2.24, 2.45) is 11.1 Å². The maximum absolute atomic E-state index is 5.78. The van der Waals surface area contributed by atoms with E-state index in [9.17, 15) is 0 Å². The van der Waals surface area contributed by atoms with Crippen molar-refractivity contribution in [1.82, 2.24) is 15.0 Å². The third kappa shape index (κ3) is 2.08. The monoisotopic (exact) mass is 228 g/mol. The zero-order valence-corrected chi connectivity index (χ0v) is 9.71. The van der Waals surface area contributed by atoms with Gasteiger partial charge in [0.15, 0.2) is 0 Å². The molecule has 0 unspecified atom stereocenters. The first-order valence-corrected chi connectivity index (χ1v) is 5.98. The number of rotatable bonds is 4. The predicted molar refractivity (Wildman–Crippen MR) is 65.8 cm³/mol. The molecule has 88 valence electrons. The molecule has 2 N–H and O–H groups in total. The van der Waals surface area contributed by atoms with Crippen molar-refractivity contribution in [3.8, 4) is 5.69 Å². The number of nitrogens with two attached hydrogens (primary N) is 1. The maximum Gasteiger partial charge on any atom is 0.0837 e. The lowest BCUT2D eigenvalue weighted by atomic mass is 10.0. The van der Waals surface area contributed by atoms with Crippen molar-refractivity contribution in [3.05, 3.63) is 42.2 Å². The molecule has 1 aliphatic rings. The maximum atomic E-state index is 5.78. The molecule has 17 heavy (non-hydrogen) atoms. The Balaban J connectivity index is 1.79. The largest absolute Gasteiger partial charge is 0.330 e. The van der Waals surface area contributed by atoms with Crippen molar-refractivity contribution in [2.75, 3.05) is 6.54 Å². The first-order valence-electron chi connectivity index (χ1n) is 5.98. The number of hydrogen-bond donors (Lipinski definition) is 1. The Morgan fingerprint density at radius 3 is 2.65 bits per heavy atom. The van der Waals surface area contributed by atoms with Crippen LogP contribution in [0, 0.1) is 5.41 Å². The van der Waals surface area contributed by atoms with Crippen LogP contribution in [0.4, 0.5) is 0 Å². The Kier molecular flexibility index (Phi) is 2.44. The molecule has 1 aromatic heterocycles. The first-order chi connectivity index (χ1) is 8.31. The van der Waals surface area contributed by atoms with Gasteiger partial charge >= 0.3 is 0 Å². The summed E-state index contributed by atoms with van der Waals surface area (Å²) >= 11 is 0. The summed E-state index contributed by atoms with van der Waals surface area (Å²) in [4.78, 5) is 0. The van der Waals surface area contributed by atoms with Crippen molar-refractivity contribution in [2.45, 2.75) is 19.3 Å². The summed E-state index contributed by atoms with van der Waals surface area (Å²) in [5.74, 6) is 0. The number of benzene rings is 1. The molecule has 2 aromatic rings. The Morgan fingerprint density at radius 1 is 1.24 bits per heavy atom. The first kappa shape index (κ1) is 10.5. The van der Waals surface area contributed by atoms with Crippen LogP contribution >= 0.6 is 0 Å². The van der Waals surface area contributed by atoms with Crippen molar-refractivity contribution < 1.29 is 0 Å². The third-order valence-electron chi connectivity index (χ3n) is 3.51. The number of para-hydroxylation sites is 1. The second kappa shape index (κ2) is 3.96. The lowest BCUT2D eigenvalue weighted by Crippen LogP contribution is -2.18. The standard InChI is InChI=1S/C13H16N4/c14-10-13(6-7-13)8-11-9-17(16-15-11)12-4-2-1-3-5-12/h1-5,9H,6-8,10,14H2. The Labute approximate surface area is 100 Å². The van der Waals surface area contributed by atoms with E-state index in [1.165, 1.54) is 12.8 Å². The van der Waals surface area contributed by atoms with Gasteiger partial charge in [-0.1, -0.05) is 23.4 Å². The van der Waals surface area contributed by atoms with Crippen LogP contribution in [-0.2, 0) is 6.42 Å². The van der Waals surface area contributed by atoms with Gasteiger partial charge in [0.1, 0.15) is 0 Å². The van der Waals surface area contributed by atoms with Gasteiger partial charge < -0.3 is 5.73 Å². The highest BCUT2D eigenvalue weighted by molar-refractivity contribution is 5.30. The number of hydrogen-bond acceptors (Lipinski definition) is 3. The fourth-order valence-electron chi connectivity index (χ4n) is 2.10. The van der Waals surface area contributed by atoms with Crippen LogP contribution in [-0.4, -0.2) is 21.5 Å². The van der Waals surface area contributed by atoms with Crippen molar-refractivity contribution >= 4 is 0 Å². The summed E-state index contributed by atoms with van der Waals surface area (Å²) in [5, 5.41) is 8.38. The summed E-state index contributed by atoms with van der Waals surface area (Å²) < 4.78 is 1.82. The molecule has 0 saturated heterocycles. The SMILES string of the molecule is NCC1(Cc2cn(-c3ccccc3)nn2)CC1. The molecule has 0 bridgehead atoms. The second-order valence-corrected chi connectivity index (χ2v) is 4.87. The van der Waals surface area contributed by atoms with Crippen LogP contribution in [0.5, 0.6) is 0 Å². The Morgan fingerprint density at radius 2 is 2.00 bits per heavy atom. The van der Waals surface area contributed by atoms with E-state index in [2.05, 4.69) is 10.3 Å². The van der Waals surface area contributed by atoms with Crippen molar-refractivity contribution in [1.29, 1.82) is 0 Å². The fraction of sp³-hybridized carbons (Fsp3) is 0.385. The topological polar surface area (TPSA) is 56.7 Å². The Bertz CT molecular complexity index is 499. The highest BCUT2D eigenvalue weighted by atomic mass is 15.4. The highest BCUT2D eigenvalue weighted by Gasteiger charge is 2.41.